The fourth-order valence-electron chi connectivity index (χ4n) is 1.60. The van der Waals surface area contributed by atoms with Crippen molar-refractivity contribution in [2.75, 3.05) is 11.9 Å². The highest BCUT2D eigenvalue weighted by atomic mass is 19.1. The lowest BCUT2D eigenvalue weighted by atomic mass is 10.2. The first-order chi connectivity index (χ1) is 8.25. The lowest BCUT2D eigenvalue weighted by molar-refractivity contribution is 0.619. The van der Waals surface area contributed by atoms with Gasteiger partial charge in [0.1, 0.15) is 5.82 Å². The molecule has 2 nitrogen and oxygen atoms in total. The number of halogens is 1. The summed E-state index contributed by atoms with van der Waals surface area (Å²) in [5.74, 6) is -0.170. The van der Waals surface area contributed by atoms with Crippen molar-refractivity contribution in [2.45, 2.75) is 13.3 Å². The Bertz CT molecular complexity index is 483. The predicted octanol–water partition coefficient (Wildman–Crippen LogP) is 3.18. The van der Waals surface area contributed by atoms with Gasteiger partial charge in [0.05, 0.1) is 0 Å². The minimum absolute atomic E-state index is 0.170. The molecule has 0 fully saturated rings. The molecule has 0 bridgehead atoms. The molecule has 0 radical (unpaired) electrons. The highest BCUT2D eigenvalue weighted by Gasteiger charge is 1.98. The van der Waals surface area contributed by atoms with Crippen LogP contribution in [0.2, 0.25) is 0 Å². The highest BCUT2D eigenvalue weighted by molar-refractivity contribution is 5.45. The first kappa shape index (κ1) is 11.6. The number of benzene rings is 1. The van der Waals surface area contributed by atoms with Crippen molar-refractivity contribution in [3.05, 3.63) is 59.7 Å². The smallest absolute Gasteiger partial charge is 0.128 e. The summed E-state index contributed by atoms with van der Waals surface area (Å²) >= 11 is 0. The first-order valence-electron chi connectivity index (χ1n) is 5.64. The Balaban J connectivity index is 1.88. The van der Waals surface area contributed by atoms with E-state index in [-0.39, 0.29) is 5.82 Å². The SMILES string of the molecule is Cc1ccc(NCCc2cccnc2)cc1F. The molecule has 3 heteroatoms. The number of nitrogens with zero attached hydrogens (tertiary/aromatic N) is 1. The molecule has 1 heterocycles. The van der Waals surface area contributed by atoms with E-state index in [2.05, 4.69) is 10.3 Å². The van der Waals surface area contributed by atoms with Crippen LogP contribution in [0.4, 0.5) is 10.1 Å². The van der Waals surface area contributed by atoms with Gasteiger partial charge >= 0.3 is 0 Å². The number of nitrogens with one attached hydrogen (secondary N) is 1. The Hall–Kier alpha value is -1.90. The van der Waals surface area contributed by atoms with Crippen LogP contribution in [0, 0.1) is 12.7 Å². The van der Waals surface area contributed by atoms with E-state index in [1.807, 2.05) is 24.4 Å². The Kier molecular flexibility index (Phi) is 3.70. The van der Waals surface area contributed by atoms with E-state index < -0.39 is 0 Å². The Morgan fingerprint density at radius 3 is 2.88 bits per heavy atom. The van der Waals surface area contributed by atoms with Crippen molar-refractivity contribution >= 4 is 5.69 Å². The van der Waals surface area contributed by atoms with Crippen LogP contribution in [-0.2, 0) is 6.42 Å². The molecule has 1 aromatic heterocycles. The molecule has 0 unspecified atom stereocenters. The van der Waals surface area contributed by atoms with Crippen LogP contribution in [0.15, 0.2) is 42.7 Å². The van der Waals surface area contributed by atoms with Gasteiger partial charge in [-0.15, -0.1) is 0 Å². The third-order valence-corrected chi connectivity index (χ3v) is 2.64. The normalized spacial score (nSPS) is 10.2. The molecule has 0 saturated heterocycles. The van der Waals surface area contributed by atoms with Gasteiger partial charge in [0, 0.05) is 24.6 Å². The van der Waals surface area contributed by atoms with Crippen LogP contribution < -0.4 is 5.32 Å². The van der Waals surface area contributed by atoms with Crippen LogP contribution in [0.1, 0.15) is 11.1 Å². The zero-order valence-electron chi connectivity index (χ0n) is 9.78. The van der Waals surface area contributed by atoms with Gasteiger partial charge in [-0.25, -0.2) is 4.39 Å². The monoisotopic (exact) mass is 230 g/mol. The minimum atomic E-state index is -0.170. The lowest BCUT2D eigenvalue weighted by Crippen LogP contribution is -2.05. The van der Waals surface area contributed by atoms with E-state index in [9.17, 15) is 4.39 Å². The molecule has 0 atom stereocenters. The maximum atomic E-state index is 13.3. The molecule has 0 aliphatic carbocycles. The van der Waals surface area contributed by atoms with Gasteiger partial charge in [-0.2, -0.15) is 0 Å². The number of anilines is 1. The van der Waals surface area contributed by atoms with Crippen LogP contribution in [0.25, 0.3) is 0 Å². The van der Waals surface area contributed by atoms with E-state index in [1.165, 1.54) is 11.6 Å². The van der Waals surface area contributed by atoms with Gasteiger partial charge in [-0.3, -0.25) is 4.98 Å². The van der Waals surface area contributed by atoms with Crippen molar-refractivity contribution in [2.24, 2.45) is 0 Å². The lowest BCUT2D eigenvalue weighted by Gasteiger charge is -2.07. The van der Waals surface area contributed by atoms with Gasteiger partial charge in [0.25, 0.3) is 0 Å². The second kappa shape index (κ2) is 5.43. The molecule has 0 saturated carbocycles. The molecule has 2 aromatic rings. The van der Waals surface area contributed by atoms with Crippen LogP contribution in [-0.4, -0.2) is 11.5 Å². The van der Waals surface area contributed by atoms with Crippen molar-refractivity contribution in [1.82, 2.24) is 4.98 Å². The van der Waals surface area contributed by atoms with Crippen LogP contribution >= 0.6 is 0 Å². The van der Waals surface area contributed by atoms with Crippen molar-refractivity contribution < 1.29 is 4.39 Å². The van der Waals surface area contributed by atoms with E-state index in [0.717, 1.165) is 18.7 Å². The average molecular weight is 230 g/mol. The molecule has 0 aliphatic rings. The quantitative estimate of drug-likeness (QED) is 0.872. The van der Waals surface area contributed by atoms with Crippen molar-refractivity contribution in [3.63, 3.8) is 0 Å². The van der Waals surface area contributed by atoms with Crippen LogP contribution in [0.5, 0.6) is 0 Å². The van der Waals surface area contributed by atoms with Gasteiger partial charge in [-0.1, -0.05) is 12.1 Å². The summed E-state index contributed by atoms with van der Waals surface area (Å²) < 4.78 is 13.3. The van der Waals surface area contributed by atoms with Gasteiger partial charge < -0.3 is 5.32 Å². The Labute approximate surface area is 101 Å². The fourth-order valence-corrected chi connectivity index (χ4v) is 1.60. The topological polar surface area (TPSA) is 24.9 Å². The summed E-state index contributed by atoms with van der Waals surface area (Å²) in [6.07, 6.45) is 4.48. The molecule has 1 N–H and O–H groups in total. The largest absolute Gasteiger partial charge is 0.385 e. The molecule has 2 rings (SSSR count). The zero-order chi connectivity index (χ0) is 12.1. The van der Waals surface area contributed by atoms with Crippen molar-refractivity contribution in [3.8, 4) is 0 Å². The Morgan fingerprint density at radius 2 is 2.18 bits per heavy atom. The summed E-state index contributed by atoms with van der Waals surface area (Å²) in [6, 6.07) is 9.15. The third kappa shape index (κ3) is 3.28. The average Bonchev–Trinajstić information content (AvgIpc) is 2.35. The summed E-state index contributed by atoms with van der Waals surface area (Å²) in [5, 5.41) is 3.19. The van der Waals surface area contributed by atoms with Crippen molar-refractivity contribution in [1.29, 1.82) is 0 Å². The number of aromatic nitrogens is 1. The van der Waals surface area contributed by atoms with Gasteiger partial charge in [0.15, 0.2) is 0 Å². The Morgan fingerprint density at radius 1 is 1.29 bits per heavy atom. The molecular weight excluding hydrogens is 215 g/mol. The molecule has 17 heavy (non-hydrogen) atoms. The van der Waals surface area contributed by atoms with E-state index in [0.29, 0.717) is 5.56 Å². The maximum absolute atomic E-state index is 13.3. The predicted molar refractivity (Wildman–Crippen MR) is 67.6 cm³/mol. The maximum Gasteiger partial charge on any atom is 0.128 e. The molecule has 1 aromatic carbocycles. The molecule has 0 amide bonds. The summed E-state index contributed by atoms with van der Waals surface area (Å²) in [6.45, 7) is 2.53. The van der Waals surface area contributed by atoms with Crippen LogP contribution in [0.3, 0.4) is 0 Å². The molecule has 0 aliphatic heterocycles. The van der Waals surface area contributed by atoms with E-state index >= 15 is 0 Å². The van der Waals surface area contributed by atoms with E-state index in [1.54, 1.807) is 19.2 Å². The second-order valence-electron chi connectivity index (χ2n) is 4.00. The number of pyridine rings is 1. The second-order valence-corrected chi connectivity index (χ2v) is 4.00. The number of hydrogen-bond donors (Lipinski definition) is 1. The number of aryl methyl sites for hydroxylation is 1. The van der Waals surface area contributed by atoms with Gasteiger partial charge in [0.2, 0.25) is 0 Å². The summed E-state index contributed by atoms with van der Waals surface area (Å²) in [5.41, 5.74) is 2.66. The summed E-state index contributed by atoms with van der Waals surface area (Å²) in [7, 11) is 0. The van der Waals surface area contributed by atoms with E-state index in [4.69, 9.17) is 0 Å². The summed E-state index contributed by atoms with van der Waals surface area (Å²) in [4.78, 5) is 4.05. The zero-order valence-corrected chi connectivity index (χ0v) is 9.78. The number of hydrogen-bond acceptors (Lipinski definition) is 2. The third-order valence-electron chi connectivity index (χ3n) is 2.64. The molecule has 0 spiro atoms. The minimum Gasteiger partial charge on any atom is -0.385 e. The standard InChI is InChI=1S/C14H15FN2/c1-11-4-5-13(9-14(11)15)17-8-6-12-3-2-7-16-10-12/h2-5,7,9-10,17H,6,8H2,1H3. The number of rotatable bonds is 4. The van der Waals surface area contributed by atoms with Gasteiger partial charge in [-0.05, 0) is 42.7 Å². The molecule has 88 valence electrons. The molecular formula is C14H15FN2. The fraction of sp³-hybridized carbons (Fsp3) is 0.214. The first-order valence-corrected chi connectivity index (χ1v) is 5.64. The highest BCUT2D eigenvalue weighted by Crippen LogP contribution is 2.13.